The molecule has 0 aliphatic carbocycles. The van der Waals surface area contributed by atoms with E-state index in [-0.39, 0.29) is 18.9 Å². The largest absolute Gasteiger partial charge is 0.481 e. The van der Waals surface area contributed by atoms with Crippen molar-refractivity contribution in [3.63, 3.8) is 0 Å². The average molecular weight is 276 g/mol. The van der Waals surface area contributed by atoms with E-state index in [0.29, 0.717) is 6.54 Å². The highest BCUT2D eigenvalue weighted by Crippen LogP contribution is 2.20. The molecule has 1 heterocycles. The van der Waals surface area contributed by atoms with Crippen molar-refractivity contribution in [3.05, 3.63) is 29.8 Å². The lowest BCUT2D eigenvalue weighted by molar-refractivity contribution is -0.137. The van der Waals surface area contributed by atoms with Crippen LogP contribution in [-0.4, -0.2) is 48.1 Å². The first-order valence-corrected chi connectivity index (χ1v) is 6.88. The average Bonchev–Trinajstić information content (AvgIpc) is 2.33. The minimum Gasteiger partial charge on any atom is -0.481 e. The van der Waals surface area contributed by atoms with Gasteiger partial charge in [-0.05, 0) is 25.0 Å². The van der Waals surface area contributed by atoms with Crippen molar-refractivity contribution in [2.45, 2.75) is 19.8 Å². The van der Waals surface area contributed by atoms with Gasteiger partial charge in [0.15, 0.2) is 0 Å². The van der Waals surface area contributed by atoms with E-state index in [4.69, 9.17) is 5.11 Å². The Balaban J connectivity index is 2.09. The van der Waals surface area contributed by atoms with Gasteiger partial charge < -0.3 is 14.9 Å². The number of amides is 1. The van der Waals surface area contributed by atoms with Crippen LogP contribution in [0.25, 0.3) is 0 Å². The van der Waals surface area contributed by atoms with Crippen molar-refractivity contribution < 1.29 is 14.7 Å². The highest BCUT2D eigenvalue weighted by Gasteiger charge is 2.23. The Hall–Kier alpha value is -2.04. The highest BCUT2D eigenvalue weighted by atomic mass is 16.4. The van der Waals surface area contributed by atoms with E-state index in [1.807, 2.05) is 41.0 Å². The summed E-state index contributed by atoms with van der Waals surface area (Å²) in [6.07, 6.45) is 1.09. The van der Waals surface area contributed by atoms with E-state index in [1.54, 1.807) is 0 Å². The van der Waals surface area contributed by atoms with E-state index >= 15 is 0 Å². The minimum atomic E-state index is -0.847. The van der Waals surface area contributed by atoms with Crippen LogP contribution in [0.15, 0.2) is 24.3 Å². The highest BCUT2D eigenvalue weighted by molar-refractivity contribution is 5.82. The molecule has 0 unspecified atom stereocenters. The predicted octanol–water partition coefficient (Wildman–Crippen LogP) is 1.51. The Bertz CT molecular complexity index is 498. The fourth-order valence-electron chi connectivity index (χ4n) is 2.26. The molecule has 0 aromatic heterocycles. The molecule has 1 aliphatic heterocycles. The summed E-state index contributed by atoms with van der Waals surface area (Å²) in [5, 5.41) is 8.86. The van der Waals surface area contributed by atoms with Gasteiger partial charge in [-0.25, -0.2) is 0 Å². The number of carboxylic acid groups (broad SMARTS) is 1. The number of carboxylic acids is 1. The van der Waals surface area contributed by atoms with Gasteiger partial charge in [0.1, 0.15) is 0 Å². The third-order valence-corrected chi connectivity index (χ3v) is 3.59. The second kappa shape index (κ2) is 6.41. The number of benzene rings is 1. The number of aryl methyl sites for hydroxylation is 1. The Morgan fingerprint density at radius 2 is 2.00 bits per heavy atom. The van der Waals surface area contributed by atoms with Gasteiger partial charge in [-0.3, -0.25) is 9.59 Å². The number of nitrogens with zero attached hydrogens (tertiary/aromatic N) is 2. The third-order valence-electron chi connectivity index (χ3n) is 3.59. The molecule has 0 saturated carbocycles. The Kier molecular flexibility index (Phi) is 4.61. The maximum absolute atomic E-state index is 12.1. The monoisotopic (exact) mass is 276 g/mol. The molecule has 0 radical (unpaired) electrons. The van der Waals surface area contributed by atoms with Gasteiger partial charge in [0.25, 0.3) is 0 Å². The molecule has 0 bridgehead atoms. The van der Waals surface area contributed by atoms with Crippen LogP contribution in [0.3, 0.4) is 0 Å². The van der Waals surface area contributed by atoms with Crippen molar-refractivity contribution in [2.75, 3.05) is 31.1 Å². The number of rotatable bonds is 6. The van der Waals surface area contributed by atoms with Crippen molar-refractivity contribution in [1.82, 2.24) is 4.90 Å². The lowest BCUT2D eigenvalue weighted by atomic mass is 10.1. The van der Waals surface area contributed by atoms with Crippen LogP contribution in [0, 0.1) is 6.92 Å². The van der Waals surface area contributed by atoms with E-state index in [0.717, 1.165) is 30.8 Å². The SMILES string of the molecule is Cc1ccccc1N(CCC(=O)O)CC(=O)N1CCC1. The summed E-state index contributed by atoms with van der Waals surface area (Å²) in [6.45, 7) is 4.20. The van der Waals surface area contributed by atoms with Gasteiger partial charge in [0.05, 0.1) is 13.0 Å². The molecule has 2 rings (SSSR count). The Labute approximate surface area is 118 Å². The van der Waals surface area contributed by atoms with E-state index in [9.17, 15) is 9.59 Å². The first-order valence-electron chi connectivity index (χ1n) is 6.88. The minimum absolute atomic E-state index is 0.0294. The van der Waals surface area contributed by atoms with Crippen LogP contribution in [0.5, 0.6) is 0 Å². The van der Waals surface area contributed by atoms with Crippen molar-refractivity contribution in [1.29, 1.82) is 0 Å². The number of para-hydroxylation sites is 1. The molecule has 1 fully saturated rings. The summed E-state index contributed by atoms with van der Waals surface area (Å²) >= 11 is 0. The quantitative estimate of drug-likeness (QED) is 0.855. The zero-order valence-corrected chi connectivity index (χ0v) is 11.7. The molecular weight excluding hydrogens is 256 g/mol. The molecule has 0 spiro atoms. The Morgan fingerprint density at radius 1 is 1.30 bits per heavy atom. The second-order valence-corrected chi connectivity index (χ2v) is 5.09. The summed E-state index contributed by atoms with van der Waals surface area (Å²) < 4.78 is 0. The number of hydrogen-bond donors (Lipinski definition) is 1. The molecule has 0 atom stereocenters. The smallest absolute Gasteiger partial charge is 0.305 e. The van der Waals surface area contributed by atoms with Gasteiger partial charge in [-0.15, -0.1) is 0 Å². The van der Waals surface area contributed by atoms with Crippen LogP contribution < -0.4 is 4.90 Å². The van der Waals surface area contributed by atoms with Crippen LogP contribution in [0.4, 0.5) is 5.69 Å². The van der Waals surface area contributed by atoms with Crippen LogP contribution >= 0.6 is 0 Å². The second-order valence-electron chi connectivity index (χ2n) is 5.09. The van der Waals surface area contributed by atoms with Gasteiger partial charge >= 0.3 is 5.97 Å². The predicted molar refractivity (Wildman–Crippen MR) is 76.8 cm³/mol. The third kappa shape index (κ3) is 3.50. The normalized spacial score (nSPS) is 13.8. The van der Waals surface area contributed by atoms with Gasteiger partial charge in [-0.2, -0.15) is 0 Å². The van der Waals surface area contributed by atoms with Gasteiger partial charge in [0, 0.05) is 25.3 Å². The van der Waals surface area contributed by atoms with Crippen LogP contribution in [-0.2, 0) is 9.59 Å². The zero-order valence-electron chi connectivity index (χ0n) is 11.7. The standard InChI is InChI=1S/C15H20N2O3/c1-12-5-2-3-6-13(12)17(10-7-15(19)20)11-14(18)16-8-4-9-16/h2-3,5-6H,4,7-11H2,1H3,(H,19,20). The number of anilines is 1. The molecule has 1 aliphatic rings. The summed E-state index contributed by atoms with van der Waals surface area (Å²) in [5.74, 6) is -0.773. The molecule has 1 aromatic carbocycles. The number of likely N-dealkylation sites (tertiary alicyclic amines) is 1. The summed E-state index contributed by atoms with van der Waals surface area (Å²) in [4.78, 5) is 26.6. The summed E-state index contributed by atoms with van der Waals surface area (Å²) in [6, 6.07) is 7.74. The number of aliphatic carboxylic acids is 1. The Morgan fingerprint density at radius 3 is 2.55 bits per heavy atom. The lowest BCUT2D eigenvalue weighted by Gasteiger charge is -2.34. The van der Waals surface area contributed by atoms with Crippen molar-refractivity contribution >= 4 is 17.6 Å². The maximum Gasteiger partial charge on any atom is 0.305 e. The fourth-order valence-corrected chi connectivity index (χ4v) is 2.26. The molecular formula is C15H20N2O3. The molecule has 5 nitrogen and oxygen atoms in total. The summed E-state index contributed by atoms with van der Waals surface area (Å²) in [5.41, 5.74) is 1.98. The van der Waals surface area contributed by atoms with E-state index < -0.39 is 5.97 Å². The molecule has 20 heavy (non-hydrogen) atoms. The molecule has 1 aromatic rings. The molecule has 108 valence electrons. The maximum atomic E-state index is 12.1. The van der Waals surface area contributed by atoms with Gasteiger partial charge in [-0.1, -0.05) is 18.2 Å². The topological polar surface area (TPSA) is 60.9 Å². The van der Waals surface area contributed by atoms with Crippen molar-refractivity contribution in [2.24, 2.45) is 0 Å². The molecule has 1 saturated heterocycles. The van der Waals surface area contributed by atoms with Crippen molar-refractivity contribution in [3.8, 4) is 0 Å². The number of hydrogen-bond acceptors (Lipinski definition) is 3. The zero-order chi connectivity index (χ0) is 14.5. The first kappa shape index (κ1) is 14.4. The molecule has 1 N–H and O–H groups in total. The van der Waals surface area contributed by atoms with Crippen LogP contribution in [0.2, 0.25) is 0 Å². The van der Waals surface area contributed by atoms with Gasteiger partial charge in [0.2, 0.25) is 5.91 Å². The molecule has 5 heteroatoms. The number of carbonyl (C=O) groups excluding carboxylic acids is 1. The van der Waals surface area contributed by atoms with Crippen LogP contribution in [0.1, 0.15) is 18.4 Å². The van der Waals surface area contributed by atoms with E-state index in [1.165, 1.54) is 0 Å². The lowest BCUT2D eigenvalue weighted by Crippen LogP contribution is -2.47. The first-order chi connectivity index (χ1) is 9.58. The fraction of sp³-hybridized carbons (Fsp3) is 0.467. The number of carbonyl (C=O) groups is 2. The van der Waals surface area contributed by atoms with E-state index in [2.05, 4.69) is 0 Å². The summed E-state index contributed by atoms with van der Waals surface area (Å²) in [7, 11) is 0. The molecule has 1 amide bonds.